The molecule has 0 unspecified atom stereocenters. The lowest BCUT2D eigenvalue weighted by Gasteiger charge is -2.07. The summed E-state index contributed by atoms with van der Waals surface area (Å²) in [5.74, 6) is -0.931. The van der Waals surface area contributed by atoms with E-state index in [1.54, 1.807) is 6.92 Å². The minimum Gasteiger partial charge on any atom is -0.461 e. The second-order valence-corrected chi connectivity index (χ2v) is 2.90. The van der Waals surface area contributed by atoms with E-state index < -0.39 is 34.9 Å². The lowest BCUT2D eigenvalue weighted by Crippen LogP contribution is -2.19. The van der Waals surface area contributed by atoms with Crippen molar-refractivity contribution in [2.24, 2.45) is 0 Å². The van der Waals surface area contributed by atoms with Crippen LogP contribution in [0.3, 0.4) is 0 Å². The summed E-state index contributed by atoms with van der Waals surface area (Å²) in [6.45, 7) is 1.60. The number of carbonyl (C=O) groups is 1. The normalized spacial score (nSPS) is 10.5. The Labute approximate surface area is 89.2 Å². The molecule has 1 rings (SSSR count). The van der Waals surface area contributed by atoms with Gasteiger partial charge in [-0.15, -0.1) is 0 Å². The number of alkyl halides is 2. The minimum absolute atomic E-state index is 0.0548. The second-order valence-electron chi connectivity index (χ2n) is 2.90. The third-order valence-electron chi connectivity index (χ3n) is 1.81. The van der Waals surface area contributed by atoms with Crippen LogP contribution in [0.25, 0.3) is 0 Å². The molecule has 0 aromatic carbocycles. The number of aromatic nitrogens is 1. The zero-order valence-electron chi connectivity index (χ0n) is 8.42. The van der Waals surface area contributed by atoms with E-state index in [0.29, 0.717) is 6.07 Å². The van der Waals surface area contributed by atoms with Crippen LogP contribution in [0, 0.1) is 0 Å². The molecule has 0 aliphatic rings. The van der Waals surface area contributed by atoms with E-state index in [1.165, 1.54) is 0 Å². The van der Waals surface area contributed by atoms with Crippen LogP contribution in [-0.2, 0) is 4.74 Å². The molecule has 3 N–H and O–H groups in total. The van der Waals surface area contributed by atoms with Gasteiger partial charge in [0, 0.05) is 6.07 Å². The topological polar surface area (TPSA) is 85.2 Å². The average molecular weight is 232 g/mol. The van der Waals surface area contributed by atoms with Gasteiger partial charge in [0.1, 0.15) is 5.69 Å². The Morgan fingerprint density at radius 3 is 2.75 bits per heavy atom. The molecular formula is C9H10F2N2O3. The summed E-state index contributed by atoms with van der Waals surface area (Å²) in [5.41, 5.74) is 2.92. The fraction of sp³-hybridized carbons (Fsp3) is 0.333. The van der Waals surface area contributed by atoms with Gasteiger partial charge in [0.05, 0.1) is 12.3 Å². The van der Waals surface area contributed by atoms with Crippen LogP contribution in [0.5, 0.6) is 0 Å². The summed E-state index contributed by atoms with van der Waals surface area (Å²) < 4.78 is 29.3. The molecule has 0 bridgehead atoms. The van der Waals surface area contributed by atoms with Crippen LogP contribution >= 0.6 is 0 Å². The third kappa shape index (κ3) is 2.36. The number of hydrogen-bond acceptors (Lipinski definition) is 4. The zero-order valence-corrected chi connectivity index (χ0v) is 8.42. The molecule has 1 aromatic heterocycles. The van der Waals surface area contributed by atoms with Gasteiger partial charge in [-0.1, -0.05) is 0 Å². The minimum atomic E-state index is -2.89. The van der Waals surface area contributed by atoms with Crippen LogP contribution in [0.2, 0.25) is 0 Å². The molecule has 1 heterocycles. The van der Waals surface area contributed by atoms with Crippen molar-refractivity contribution in [2.45, 2.75) is 13.3 Å². The van der Waals surface area contributed by atoms with Crippen LogP contribution in [0.15, 0.2) is 10.9 Å². The van der Waals surface area contributed by atoms with Gasteiger partial charge in [-0.25, -0.2) is 13.6 Å². The SMILES string of the molecule is CCOC(=O)c1[nH]c(C(F)F)cc(=O)c1N. The van der Waals surface area contributed by atoms with Crippen LogP contribution < -0.4 is 11.2 Å². The predicted octanol–water partition coefficient (Wildman–Crippen LogP) is 1.07. The lowest BCUT2D eigenvalue weighted by atomic mass is 10.2. The Hall–Kier alpha value is -1.92. The molecule has 0 amide bonds. The van der Waals surface area contributed by atoms with E-state index >= 15 is 0 Å². The summed E-state index contributed by atoms with van der Waals surface area (Å²) in [6, 6.07) is 0.655. The van der Waals surface area contributed by atoms with Crippen molar-refractivity contribution in [1.29, 1.82) is 0 Å². The zero-order chi connectivity index (χ0) is 12.3. The summed E-state index contributed by atoms with van der Waals surface area (Å²) >= 11 is 0. The van der Waals surface area contributed by atoms with Crippen molar-refractivity contribution in [3.8, 4) is 0 Å². The van der Waals surface area contributed by atoms with Gasteiger partial charge in [-0.3, -0.25) is 4.79 Å². The fourth-order valence-corrected chi connectivity index (χ4v) is 1.07. The van der Waals surface area contributed by atoms with E-state index in [2.05, 4.69) is 9.72 Å². The summed E-state index contributed by atoms with van der Waals surface area (Å²) in [6.07, 6.45) is -2.89. The molecule has 0 spiro atoms. The Kier molecular flexibility index (Phi) is 3.60. The summed E-state index contributed by atoms with van der Waals surface area (Å²) in [5, 5.41) is 0. The highest BCUT2D eigenvalue weighted by Gasteiger charge is 2.18. The Bertz CT molecular complexity index is 457. The van der Waals surface area contributed by atoms with Crippen molar-refractivity contribution in [2.75, 3.05) is 12.3 Å². The van der Waals surface area contributed by atoms with Crippen LogP contribution in [0.4, 0.5) is 14.5 Å². The first-order valence-corrected chi connectivity index (χ1v) is 4.45. The van der Waals surface area contributed by atoms with Gasteiger partial charge in [0.2, 0.25) is 5.43 Å². The van der Waals surface area contributed by atoms with E-state index in [1.807, 2.05) is 0 Å². The first kappa shape index (κ1) is 12.2. The monoisotopic (exact) mass is 232 g/mol. The van der Waals surface area contributed by atoms with E-state index in [9.17, 15) is 18.4 Å². The highest BCUT2D eigenvalue weighted by atomic mass is 19.3. The van der Waals surface area contributed by atoms with Crippen molar-refractivity contribution >= 4 is 11.7 Å². The molecule has 0 atom stereocenters. The molecule has 0 aliphatic carbocycles. The molecular weight excluding hydrogens is 222 g/mol. The van der Waals surface area contributed by atoms with E-state index in [-0.39, 0.29) is 6.61 Å². The highest BCUT2D eigenvalue weighted by Crippen LogP contribution is 2.17. The number of esters is 1. The molecule has 7 heteroatoms. The first-order chi connectivity index (χ1) is 7.47. The number of anilines is 1. The van der Waals surface area contributed by atoms with Crippen molar-refractivity contribution < 1.29 is 18.3 Å². The second kappa shape index (κ2) is 4.73. The van der Waals surface area contributed by atoms with Crippen LogP contribution in [-0.4, -0.2) is 17.6 Å². The Morgan fingerprint density at radius 2 is 2.25 bits per heavy atom. The van der Waals surface area contributed by atoms with Crippen molar-refractivity contribution in [3.63, 3.8) is 0 Å². The number of halogens is 2. The molecule has 1 aromatic rings. The quantitative estimate of drug-likeness (QED) is 0.763. The average Bonchev–Trinajstić information content (AvgIpc) is 2.21. The molecule has 0 saturated heterocycles. The van der Waals surface area contributed by atoms with Gasteiger partial charge in [0.25, 0.3) is 6.43 Å². The number of carbonyl (C=O) groups excluding carboxylic acids is 1. The molecule has 5 nitrogen and oxygen atoms in total. The maximum absolute atomic E-state index is 12.3. The molecule has 16 heavy (non-hydrogen) atoms. The molecule has 0 radical (unpaired) electrons. The van der Waals surface area contributed by atoms with Crippen molar-refractivity contribution in [1.82, 2.24) is 4.98 Å². The standard InChI is InChI=1S/C9H10F2N2O3/c1-2-16-9(15)7-6(12)5(14)3-4(13-7)8(10)11/h3,8H,2,12H2,1H3,(H,13,14). The van der Waals surface area contributed by atoms with E-state index in [4.69, 9.17) is 5.73 Å². The summed E-state index contributed by atoms with van der Waals surface area (Å²) in [4.78, 5) is 24.6. The van der Waals surface area contributed by atoms with Crippen molar-refractivity contribution in [3.05, 3.63) is 27.7 Å². The third-order valence-corrected chi connectivity index (χ3v) is 1.81. The van der Waals surface area contributed by atoms with Gasteiger partial charge in [-0.2, -0.15) is 0 Å². The smallest absolute Gasteiger partial charge is 0.357 e. The molecule has 0 fully saturated rings. The number of rotatable bonds is 3. The fourth-order valence-electron chi connectivity index (χ4n) is 1.07. The number of nitrogens with two attached hydrogens (primary N) is 1. The summed E-state index contributed by atoms with van der Waals surface area (Å²) in [7, 11) is 0. The van der Waals surface area contributed by atoms with Gasteiger partial charge >= 0.3 is 5.97 Å². The van der Waals surface area contributed by atoms with Gasteiger partial charge in [-0.05, 0) is 6.92 Å². The Morgan fingerprint density at radius 1 is 1.62 bits per heavy atom. The number of hydrogen-bond donors (Lipinski definition) is 2. The van der Waals surface area contributed by atoms with Crippen LogP contribution in [0.1, 0.15) is 29.5 Å². The maximum atomic E-state index is 12.3. The van der Waals surface area contributed by atoms with Gasteiger partial charge in [0.15, 0.2) is 5.69 Å². The number of pyridine rings is 1. The number of ether oxygens (including phenoxy) is 1. The number of nitrogen functional groups attached to an aromatic ring is 1. The van der Waals surface area contributed by atoms with Gasteiger partial charge < -0.3 is 15.5 Å². The number of H-pyrrole nitrogens is 1. The predicted molar refractivity (Wildman–Crippen MR) is 52.4 cm³/mol. The maximum Gasteiger partial charge on any atom is 0.357 e. The molecule has 88 valence electrons. The molecule has 0 aliphatic heterocycles. The first-order valence-electron chi connectivity index (χ1n) is 4.45. The molecule has 0 saturated carbocycles. The number of aromatic amines is 1. The lowest BCUT2D eigenvalue weighted by molar-refractivity contribution is 0.0519. The highest BCUT2D eigenvalue weighted by molar-refractivity contribution is 5.92. The van der Waals surface area contributed by atoms with E-state index in [0.717, 1.165) is 0 Å². The largest absolute Gasteiger partial charge is 0.461 e. The number of nitrogens with one attached hydrogen (secondary N) is 1. The Balaban J connectivity index is 3.27.